The van der Waals surface area contributed by atoms with Crippen LogP contribution in [0.3, 0.4) is 0 Å². The second-order valence-electron chi connectivity index (χ2n) is 5.65. The summed E-state index contributed by atoms with van der Waals surface area (Å²) in [7, 11) is 0. The second-order valence-corrected chi connectivity index (χ2v) is 6.44. The molecule has 1 aromatic heterocycles. The van der Waals surface area contributed by atoms with Gasteiger partial charge in [-0.25, -0.2) is 0 Å². The molecular formula is C18H12N4O3S. The molecule has 2 aromatic carbocycles. The Kier molecular flexibility index (Phi) is 4.02. The van der Waals surface area contributed by atoms with Crippen LogP contribution in [-0.4, -0.2) is 38.8 Å². The van der Waals surface area contributed by atoms with E-state index in [1.54, 1.807) is 42.6 Å². The molecule has 0 saturated carbocycles. The fraction of sp³-hybridized carbons (Fsp3) is 0.0556. The number of carbonyl (C=O) groups is 3. The Bertz CT molecular complexity index is 965. The molecule has 1 N–H and O–H groups in total. The number of rotatable bonds is 4. The molecule has 1 aliphatic rings. The highest BCUT2D eigenvalue weighted by atomic mass is 32.1. The minimum absolute atomic E-state index is 0.327. The zero-order valence-electron chi connectivity index (χ0n) is 13.4. The SMILES string of the molecule is O=C(CN1C(=O)c2ccccc2C1=O)Nc1ccc(-c2cnns2)cc1. The van der Waals surface area contributed by atoms with Crippen LogP contribution in [0.15, 0.2) is 54.7 Å². The molecule has 128 valence electrons. The number of benzene rings is 2. The zero-order chi connectivity index (χ0) is 18.1. The monoisotopic (exact) mass is 364 g/mol. The maximum atomic E-state index is 12.3. The zero-order valence-corrected chi connectivity index (χ0v) is 14.2. The molecule has 0 bridgehead atoms. The van der Waals surface area contributed by atoms with Crippen LogP contribution in [0.25, 0.3) is 10.4 Å². The molecule has 0 unspecified atom stereocenters. The van der Waals surface area contributed by atoms with Crippen molar-refractivity contribution < 1.29 is 14.4 Å². The van der Waals surface area contributed by atoms with E-state index in [0.29, 0.717) is 16.8 Å². The number of fused-ring (bicyclic) bond motifs is 1. The van der Waals surface area contributed by atoms with E-state index in [1.807, 2.05) is 12.1 Å². The molecule has 3 aromatic rings. The van der Waals surface area contributed by atoms with Crippen molar-refractivity contribution in [3.63, 3.8) is 0 Å². The van der Waals surface area contributed by atoms with Crippen molar-refractivity contribution in [2.24, 2.45) is 0 Å². The summed E-state index contributed by atoms with van der Waals surface area (Å²) < 4.78 is 3.81. The van der Waals surface area contributed by atoms with E-state index in [2.05, 4.69) is 14.9 Å². The first-order valence-electron chi connectivity index (χ1n) is 7.76. The summed E-state index contributed by atoms with van der Waals surface area (Å²) in [4.78, 5) is 38.7. The van der Waals surface area contributed by atoms with Crippen LogP contribution in [0.2, 0.25) is 0 Å². The number of anilines is 1. The van der Waals surface area contributed by atoms with Gasteiger partial charge in [-0.2, -0.15) is 0 Å². The quantitative estimate of drug-likeness (QED) is 0.718. The van der Waals surface area contributed by atoms with Gasteiger partial charge in [0.1, 0.15) is 6.54 Å². The van der Waals surface area contributed by atoms with Gasteiger partial charge in [0.15, 0.2) is 0 Å². The van der Waals surface area contributed by atoms with Gasteiger partial charge in [-0.05, 0) is 41.4 Å². The molecule has 1 aliphatic heterocycles. The number of nitrogens with zero attached hydrogens (tertiary/aromatic N) is 3. The van der Waals surface area contributed by atoms with Crippen molar-refractivity contribution in [1.82, 2.24) is 14.5 Å². The highest BCUT2D eigenvalue weighted by Gasteiger charge is 2.36. The molecule has 0 aliphatic carbocycles. The van der Waals surface area contributed by atoms with Gasteiger partial charge in [0.05, 0.1) is 22.2 Å². The number of imide groups is 1. The van der Waals surface area contributed by atoms with Gasteiger partial charge < -0.3 is 5.32 Å². The molecule has 0 fully saturated rings. The van der Waals surface area contributed by atoms with Crippen LogP contribution in [0.5, 0.6) is 0 Å². The molecule has 0 atom stereocenters. The van der Waals surface area contributed by atoms with Crippen molar-refractivity contribution in [1.29, 1.82) is 0 Å². The number of carbonyl (C=O) groups excluding carboxylic acids is 3. The number of nitrogens with one attached hydrogen (secondary N) is 1. The van der Waals surface area contributed by atoms with Crippen LogP contribution in [0.4, 0.5) is 5.69 Å². The third-order valence-electron chi connectivity index (χ3n) is 3.99. The van der Waals surface area contributed by atoms with Gasteiger partial charge in [0.25, 0.3) is 11.8 Å². The van der Waals surface area contributed by atoms with E-state index >= 15 is 0 Å². The van der Waals surface area contributed by atoms with Crippen molar-refractivity contribution in [2.75, 3.05) is 11.9 Å². The van der Waals surface area contributed by atoms with E-state index in [-0.39, 0.29) is 6.54 Å². The van der Waals surface area contributed by atoms with Gasteiger partial charge in [-0.3, -0.25) is 19.3 Å². The summed E-state index contributed by atoms with van der Waals surface area (Å²) in [6.07, 6.45) is 1.67. The lowest BCUT2D eigenvalue weighted by molar-refractivity contribution is -0.116. The van der Waals surface area contributed by atoms with Gasteiger partial charge in [0.2, 0.25) is 5.91 Å². The Morgan fingerprint density at radius 2 is 1.65 bits per heavy atom. The van der Waals surface area contributed by atoms with Crippen LogP contribution < -0.4 is 5.32 Å². The van der Waals surface area contributed by atoms with Crippen molar-refractivity contribution in [2.45, 2.75) is 0 Å². The van der Waals surface area contributed by atoms with E-state index in [1.165, 1.54) is 11.5 Å². The Balaban J connectivity index is 1.43. The first kappa shape index (κ1) is 16.1. The van der Waals surface area contributed by atoms with Gasteiger partial charge in [-0.1, -0.05) is 28.8 Å². The molecule has 8 heteroatoms. The number of amides is 3. The fourth-order valence-corrected chi connectivity index (χ4v) is 3.26. The summed E-state index contributed by atoms with van der Waals surface area (Å²) >= 11 is 1.28. The van der Waals surface area contributed by atoms with E-state index in [4.69, 9.17) is 0 Å². The van der Waals surface area contributed by atoms with Crippen LogP contribution in [-0.2, 0) is 4.79 Å². The lowest BCUT2D eigenvalue weighted by Crippen LogP contribution is -2.37. The molecule has 0 radical (unpaired) electrons. The predicted octanol–water partition coefficient (Wildman–Crippen LogP) is 2.44. The van der Waals surface area contributed by atoms with Gasteiger partial charge in [0, 0.05) is 5.69 Å². The third-order valence-corrected chi connectivity index (χ3v) is 4.71. The summed E-state index contributed by atoms with van der Waals surface area (Å²) in [6, 6.07) is 13.7. The molecule has 0 spiro atoms. The Morgan fingerprint density at radius 3 is 2.23 bits per heavy atom. The average Bonchev–Trinajstić information content (AvgIpc) is 3.27. The average molecular weight is 364 g/mol. The highest BCUT2D eigenvalue weighted by molar-refractivity contribution is 7.09. The largest absolute Gasteiger partial charge is 0.325 e. The first-order valence-corrected chi connectivity index (χ1v) is 8.54. The maximum absolute atomic E-state index is 12.3. The molecule has 3 amide bonds. The molecular weight excluding hydrogens is 352 g/mol. The summed E-state index contributed by atoms with van der Waals surface area (Å²) in [5, 5.41) is 6.48. The van der Waals surface area contributed by atoms with E-state index < -0.39 is 17.7 Å². The standard InChI is InChI=1S/C18H12N4O3S/c23-16(10-22-17(24)13-3-1-2-4-14(13)18(22)25)20-12-7-5-11(6-8-12)15-9-19-21-26-15/h1-9H,10H2,(H,20,23). The predicted molar refractivity (Wildman–Crippen MR) is 95.8 cm³/mol. The Morgan fingerprint density at radius 1 is 1.00 bits per heavy atom. The topological polar surface area (TPSA) is 92.3 Å². The molecule has 7 nitrogen and oxygen atoms in total. The molecule has 4 rings (SSSR count). The minimum Gasteiger partial charge on any atom is -0.325 e. The highest BCUT2D eigenvalue weighted by Crippen LogP contribution is 2.24. The van der Waals surface area contributed by atoms with Crippen molar-refractivity contribution >= 4 is 34.9 Å². The number of hydrogen-bond acceptors (Lipinski definition) is 6. The lowest BCUT2D eigenvalue weighted by atomic mass is 10.1. The number of hydrogen-bond donors (Lipinski definition) is 1. The third kappa shape index (κ3) is 2.86. The normalized spacial score (nSPS) is 13.0. The van der Waals surface area contributed by atoms with Crippen LogP contribution in [0.1, 0.15) is 20.7 Å². The molecule has 0 saturated heterocycles. The number of aromatic nitrogens is 2. The second kappa shape index (κ2) is 6.49. The van der Waals surface area contributed by atoms with Crippen LogP contribution >= 0.6 is 11.5 Å². The Labute approximate surface area is 152 Å². The molecule has 2 heterocycles. The van der Waals surface area contributed by atoms with E-state index in [9.17, 15) is 14.4 Å². The Hall–Kier alpha value is -3.39. The summed E-state index contributed by atoms with van der Waals surface area (Å²) in [6.45, 7) is -0.327. The maximum Gasteiger partial charge on any atom is 0.262 e. The molecule has 26 heavy (non-hydrogen) atoms. The summed E-state index contributed by atoms with van der Waals surface area (Å²) in [5.74, 6) is -1.34. The minimum atomic E-state index is -0.450. The van der Waals surface area contributed by atoms with Crippen LogP contribution in [0, 0.1) is 0 Å². The summed E-state index contributed by atoms with van der Waals surface area (Å²) in [5.41, 5.74) is 2.17. The van der Waals surface area contributed by atoms with Gasteiger partial charge in [-0.15, -0.1) is 5.10 Å². The fourth-order valence-electron chi connectivity index (χ4n) is 2.74. The lowest BCUT2D eigenvalue weighted by Gasteiger charge is -2.13. The van der Waals surface area contributed by atoms with E-state index in [0.717, 1.165) is 15.3 Å². The van der Waals surface area contributed by atoms with Gasteiger partial charge >= 0.3 is 0 Å². The first-order chi connectivity index (χ1) is 12.6. The smallest absolute Gasteiger partial charge is 0.262 e. The van der Waals surface area contributed by atoms with Crippen molar-refractivity contribution in [3.8, 4) is 10.4 Å². The van der Waals surface area contributed by atoms with Crippen molar-refractivity contribution in [3.05, 3.63) is 65.9 Å².